The number of carboxylic acid groups (broad SMARTS) is 1. The molecule has 4 nitrogen and oxygen atoms in total. The standard InChI is InChI=1S/C18H18Cl2O4/c1-10(2)13-5-11(3-4-17(13)21)6-14-15(19)7-12(8-16(14)20)24-9-18(22)23/h3-5,7-8,10,21H,6,9H2,1-2H3,(H,22,23)/i1D3,2D3,3D,5D,10D. The van der Waals surface area contributed by atoms with E-state index < -0.39 is 55.6 Å². The molecule has 0 atom stereocenters. The molecule has 2 N–H and O–H groups in total. The minimum atomic E-state index is -3.45. The van der Waals surface area contributed by atoms with Crippen LogP contribution in [0.25, 0.3) is 0 Å². The van der Waals surface area contributed by atoms with Gasteiger partial charge >= 0.3 is 5.97 Å². The maximum Gasteiger partial charge on any atom is 0.341 e. The van der Waals surface area contributed by atoms with Crippen molar-refractivity contribution in [1.29, 1.82) is 0 Å². The van der Waals surface area contributed by atoms with E-state index in [-0.39, 0.29) is 33.3 Å². The summed E-state index contributed by atoms with van der Waals surface area (Å²) in [6.07, 6.45) is -0.347. The second-order valence-corrected chi connectivity index (χ2v) is 5.57. The van der Waals surface area contributed by atoms with Gasteiger partial charge in [0, 0.05) is 26.1 Å². The molecule has 128 valence electrons. The van der Waals surface area contributed by atoms with Crippen LogP contribution in [0.3, 0.4) is 0 Å². The summed E-state index contributed by atoms with van der Waals surface area (Å²) in [5, 5.41) is 18.9. The van der Waals surface area contributed by atoms with Crippen LogP contribution in [0.4, 0.5) is 0 Å². The summed E-state index contributed by atoms with van der Waals surface area (Å²) in [6, 6.07) is 2.01. The molecule has 2 aromatic carbocycles. The van der Waals surface area contributed by atoms with Gasteiger partial charge in [0.25, 0.3) is 0 Å². The number of hydrogen-bond acceptors (Lipinski definition) is 3. The van der Waals surface area contributed by atoms with Crippen molar-refractivity contribution >= 4 is 29.2 Å². The van der Waals surface area contributed by atoms with Crippen molar-refractivity contribution in [1.82, 2.24) is 0 Å². The van der Waals surface area contributed by atoms with Crippen LogP contribution < -0.4 is 4.74 Å². The number of rotatable bonds is 6. The van der Waals surface area contributed by atoms with Crippen LogP contribution in [0.15, 0.2) is 30.3 Å². The zero-order valence-electron chi connectivity index (χ0n) is 21.1. The Morgan fingerprint density at radius 1 is 1.42 bits per heavy atom. The molecule has 2 rings (SSSR count). The topological polar surface area (TPSA) is 66.8 Å². The first-order valence-corrected chi connectivity index (χ1v) is 7.32. The van der Waals surface area contributed by atoms with E-state index in [0.29, 0.717) is 0 Å². The molecule has 6 heteroatoms. The molecule has 0 aliphatic rings. The molecule has 24 heavy (non-hydrogen) atoms. The zero-order chi connectivity index (χ0) is 25.5. The van der Waals surface area contributed by atoms with Crippen molar-refractivity contribution in [3.63, 3.8) is 0 Å². The molecule has 0 amide bonds. The fourth-order valence-electron chi connectivity index (χ4n) is 1.92. The number of halogens is 2. The van der Waals surface area contributed by atoms with Gasteiger partial charge in [-0.1, -0.05) is 49.0 Å². The Morgan fingerprint density at radius 3 is 2.67 bits per heavy atom. The van der Waals surface area contributed by atoms with Crippen molar-refractivity contribution < 1.29 is 32.1 Å². The number of carboxylic acids is 1. The predicted octanol–water partition coefficient (Wildman–Crippen LogP) is 4.88. The number of phenols is 1. The van der Waals surface area contributed by atoms with Crippen LogP contribution in [0.2, 0.25) is 10.0 Å². The molecule has 0 unspecified atom stereocenters. The van der Waals surface area contributed by atoms with Gasteiger partial charge in [-0.05, 0) is 40.8 Å². The highest BCUT2D eigenvalue weighted by Crippen LogP contribution is 2.33. The normalized spacial score (nSPS) is 17.8. The van der Waals surface area contributed by atoms with E-state index in [0.717, 1.165) is 6.07 Å². The number of phenolic OH excluding ortho intramolecular Hbond substituents is 1. The summed E-state index contributed by atoms with van der Waals surface area (Å²) < 4.78 is 75.6. The maximum absolute atomic E-state index is 10.7. The molecule has 0 heterocycles. The molecule has 0 aliphatic carbocycles. The molecule has 0 aliphatic heterocycles. The lowest BCUT2D eigenvalue weighted by molar-refractivity contribution is -0.139. The van der Waals surface area contributed by atoms with Gasteiger partial charge in [-0.2, -0.15) is 0 Å². The Hall–Kier alpha value is -1.91. The molecule has 0 spiro atoms. The van der Waals surface area contributed by atoms with E-state index in [2.05, 4.69) is 0 Å². The van der Waals surface area contributed by atoms with Crippen LogP contribution in [0, 0.1) is 0 Å². The number of ether oxygens (including phenoxy) is 1. The third-order valence-corrected chi connectivity index (χ3v) is 3.67. The average molecular weight is 378 g/mol. The lowest BCUT2D eigenvalue weighted by atomic mass is 9.96. The monoisotopic (exact) mass is 377 g/mol. The SMILES string of the molecule is [2H]c1cc(O)c(C([2H])(C([2H])([2H])[2H])C([2H])([2H])[2H])c([2H])c1Cc1c(Cl)cc(OCC(=O)O)cc1Cl. The summed E-state index contributed by atoms with van der Waals surface area (Å²) in [5.74, 6) is -5.53. The second-order valence-electron chi connectivity index (χ2n) is 4.75. The first-order valence-electron chi connectivity index (χ1n) is 11.1. The molecule has 0 fully saturated rings. The number of benzene rings is 2. The highest BCUT2D eigenvalue weighted by molar-refractivity contribution is 6.36. The van der Waals surface area contributed by atoms with Gasteiger partial charge in [0.15, 0.2) is 6.61 Å². The Balaban J connectivity index is 2.67. The minimum absolute atomic E-state index is 0.0277. The second kappa shape index (κ2) is 7.77. The minimum Gasteiger partial charge on any atom is -0.508 e. The van der Waals surface area contributed by atoms with Crippen LogP contribution in [-0.2, 0) is 11.2 Å². The lowest BCUT2D eigenvalue weighted by Crippen LogP contribution is -2.09. The largest absolute Gasteiger partial charge is 0.508 e. The quantitative estimate of drug-likeness (QED) is 0.752. The number of aromatic hydroxyl groups is 1. The average Bonchev–Trinajstić information content (AvgIpc) is 2.62. The zero-order valence-corrected chi connectivity index (χ0v) is 13.6. The van der Waals surface area contributed by atoms with Crippen molar-refractivity contribution in [2.24, 2.45) is 0 Å². The van der Waals surface area contributed by atoms with Crippen LogP contribution in [-0.4, -0.2) is 22.8 Å². The van der Waals surface area contributed by atoms with Crippen LogP contribution in [0.5, 0.6) is 11.5 Å². The Bertz CT molecular complexity index is 1050. The number of aliphatic carboxylic acids is 1. The Morgan fingerprint density at radius 2 is 2.08 bits per heavy atom. The summed E-state index contributed by atoms with van der Waals surface area (Å²) in [6.45, 7) is -7.56. The molecule has 0 saturated heterocycles. The summed E-state index contributed by atoms with van der Waals surface area (Å²) in [7, 11) is 0. The smallest absolute Gasteiger partial charge is 0.341 e. The fraction of sp³-hybridized carbons (Fsp3) is 0.278. The third kappa shape index (κ3) is 4.56. The van der Waals surface area contributed by atoms with Gasteiger partial charge in [0.2, 0.25) is 0 Å². The number of hydrogen-bond donors (Lipinski definition) is 2. The maximum atomic E-state index is 10.7. The van der Waals surface area contributed by atoms with Crippen molar-refractivity contribution in [2.45, 2.75) is 26.0 Å². The Kier molecular flexibility index (Phi) is 3.09. The van der Waals surface area contributed by atoms with Gasteiger partial charge in [-0.25, -0.2) is 4.79 Å². The van der Waals surface area contributed by atoms with Crippen LogP contribution >= 0.6 is 23.2 Å². The summed E-state index contributed by atoms with van der Waals surface area (Å²) in [4.78, 5) is 10.7. The van der Waals surface area contributed by atoms with Gasteiger partial charge in [-0.3, -0.25) is 0 Å². The van der Waals surface area contributed by atoms with Gasteiger partial charge in [0.05, 0.1) is 2.74 Å². The van der Waals surface area contributed by atoms with Gasteiger partial charge in [0.1, 0.15) is 11.5 Å². The van der Waals surface area contributed by atoms with E-state index in [1.165, 1.54) is 12.1 Å². The third-order valence-electron chi connectivity index (χ3n) is 3.00. The summed E-state index contributed by atoms with van der Waals surface area (Å²) >= 11 is 12.4. The highest BCUT2D eigenvalue weighted by Gasteiger charge is 2.13. The van der Waals surface area contributed by atoms with E-state index in [4.69, 9.17) is 45.4 Å². The molecule has 0 saturated carbocycles. The van der Waals surface area contributed by atoms with Crippen LogP contribution in [0.1, 0.15) is 48.6 Å². The van der Waals surface area contributed by atoms with E-state index in [1.54, 1.807) is 0 Å². The molecular formula is C18H18Cl2O4. The first-order chi connectivity index (χ1) is 14.9. The fourth-order valence-corrected chi connectivity index (χ4v) is 2.52. The van der Waals surface area contributed by atoms with Crippen molar-refractivity contribution in [2.75, 3.05) is 6.61 Å². The molecule has 0 radical (unpaired) electrons. The summed E-state index contributed by atoms with van der Waals surface area (Å²) in [5.41, 5.74) is -1.05. The van der Waals surface area contributed by atoms with Gasteiger partial charge in [-0.15, -0.1) is 0 Å². The van der Waals surface area contributed by atoms with Crippen molar-refractivity contribution in [3.8, 4) is 11.5 Å². The Labute approximate surface area is 163 Å². The first kappa shape index (κ1) is 9.54. The van der Waals surface area contributed by atoms with E-state index in [9.17, 15) is 9.90 Å². The predicted molar refractivity (Wildman–Crippen MR) is 94.6 cm³/mol. The molecular weight excluding hydrogens is 351 g/mol. The van der Waals surface area contributed by atoms with Gasteiger partial charge < -0.3 is 14.9 Å². The molecule has 0 bridgehead atoms. The molecule has 0 aromatic heterocycles. The van der Waals surface area contributed by atoms with E-state index in [1.807, 2.05) is 0 Å². The van der Waals surface area contributed by atoms with Crippen molar-refractivity contribution in [3.05, 3.63) is 57.0 Å². The molecule has 2 aromatic rings. The lowest BCUT2D eigenvalue weighted by Gasteiger charge is -2.13. The van der Waals surface area contributed by atoms with E-state index >= 15 is 0 Å². The number of carbonyl (C=O) groups is 1. The highest BCUT2D eigenvalue weighted by atomic mass is 35.5.